The van der Waals surface area contributed by atoms with E-state index in [1.165, 1.54) is 0 Å². The Balaban J connectivity index is 1.58. The van der Waals surface area contributed by atoms with Gasteiger partial charge in [0.25, 0.3) is 0 Å². The molecule has 122 valence electrons. The number of anilines is 1. The number of nitrogens with zero attached hydrogens (tertiary/aromatic N) is 2. The van der Waals surface area contributed by atoms with Gasteiger partial charge >= 0.3 is 0 Å². The van der Waals surface area contributed by atoms with Gasteiger partial charge in [0.05, 0.1) is 17.6 Å². The Bertz CT molecular complexity index is 814. The van der Waals surface area contributed by atoms with Gasteiger partial charge in [0.15, 0.2) is 0 Å². The van der Waals surface area contributed by atoms with E-state index in [0.29, 0.717) is 12.8 Å². The number of carbonyl (C=O) groups excluding carboxylic acids is 1. The molecule has 1 N–H and O–H groups in total. The minimum atomic E-state index is 0.0176. The SMILES string of the molecule is CSc1ccccc1NC(=O)CCc1cnn(-c2ccccc2)c1. The lowest BCUT2D eigenvalue weighted by Gasteiger charge is -2.08. The van der Waals surface area contributed by atoms with Gasteiger partial charge in [-0.05, 0) is 42.5 Å². The monoisotopic (exact) mass is 337 g/mol. The second kappa shape index (κ2) is 7.84. The Morgan fingerprint density at radius 1 is 1.12 bits per heavy atom. The first-order chi connectivity index (χ1) is 11.8. The minimum Gasteiger partial charge on any atom is -0.325 e. The summed E-state index contributed by atoms with van der Waals surface area (Å²) in [7, 11) is 0. The third-order valence-corrected chi connectivity index (χ3v) is 4.47. The van der Waals surface area contributed by atoms with E-state index in [1.807, 2.05) is 77.9 Å². The van der Waals surface area contributed by atoms with Crippen LogP contribution < -0.4 is 5.32 Å². The van der Waals surface area contributed by atoms with Gasteiger partial charge in [-0.15, -0.1) is 11.8 Å². The lowest BCUT2D eigenvalue weighted by molar-refractivity contribution is -0.116. The molecule has 0 saturated carbocycles. The fraction of sp³-hybridized carbons (Fsp3) is 0.158. The lowest BCUT2D eigenvalue weighted by atomic mass is 10.2. The molecule has 0 aliphatic carbocycles. The molecule has 24 heavy (non-hydrogen) atoms. The van der Waals surface area contributed by atoms with Crippen LogP contribution in [-0.2, 0) is 11.2 Å². The zero-order valence-electron chi connectivity index (χ0n) is 13.5. The van der Waals surface area contributed by atoms with Gasteiger partial charge in [0.2, 0.25) is 5.91 Å². The first-order valence-electron chi connectivity index (χ1n) is 7.78. The largest absolute Gasteiger partial charge is 0.325 e. The van der Waals surface area contributed by atoms with Crippen LogP contribution in [0.25, 0.3) is 5.69 Å². The summed E-state index contributed by atoms with van der Waals surface area (Å²) in [5.74, 6) is 0.0176. The summed E-state index contributed by atoms with van der Waals surface area (Å²) < 4.78 is 1.83. The Hall–Kier alpha value is -2.53. The van der Waals surface area contributed by atoms with Crippen molar-refractivity contribution in [1.29, 1.82) is 0 Å². The fourth-order valence-electron chi connectivity index (χ4n) is 2.43. The van der Waals surface area contributed by atoms with Crippen LogP contribution in [0.5, 0.6) is 0 Å². The smallest absolute Gasteiger partial charge is 0.224 e. The highest BCUT2D eigenvalue weighted by Crippen LogP contribution is 2.24. The number of thioether (sulfide) groups is 1. The highest BCUT2D eigenvalue weighted by atomic mass is 32.2. The molecule has 1 amide bonds. The van der Waals surface area contributed by atoms with Crippen molar-refractivity contribution >= 4 is 23.4 Å². The van der Waals surface area contributed by atoms with Gasteiger partial charge in [-0.2, -0.15) is 5.10 Å². The Morgan fingerprint density at radius 3 is 2.67 bits per heavy atom. The summed E-state index contributed by atoms with van der Waals surface area (Å²) in [4.78, 5) is 13.3. The second-order valence-electron chi connectivity index (χ2n) is 5.38. The summed E-state index contributed by atoms with van der Waals surface area (Å²) in [6.45, 7) is 0. The number of hydrogen-bond donors (Lipinski definition) is 1. The van der Waals surface area contributed by atoms with E-state index < -0.39 is 0 Å². The van der Waals surface area contributed by atoms with Crippen LogP contribution in [0.15, 0.2) is 71.9 Å². The second-order valence-corrected chi connectivity index (χ2v) is 6.23. The van der Waals surface area contributed by atoms with Crippen LogP contribution >= 0.6 is 11.8 Å². The van der Waals surface area contributed by atoms with Crippen LogP contribution in [0.4, 0.5) is 5.69 Å². The average Bonchev–Trinajstić information content (AvgIpc) is 3.10. The standard InChI is InChI=1S/C19H19N3OS/c1-24-18-10-6-5-9-17(18)21-19(23)12-11-15-13-20-22(14-15)16-7-3-2-4-8-16/h2-10,13-14H,11-12H2,1H3,(H,21,23). The van der Waals surface area contributed by atoms with Crippen molar-refractivity contribution in [1.82, 2.24) is 9.78 Å². The third kappa shape index (κ3) is 4.06. The van der Waals surface area contributed by atoms with E-state index in [4.69, 9.17) is 0 Å². The third-order valence-electron chi connectivity index (χ3n) is 3.68. The normalized spacial score (nSPS) is 10.5. The summed E-state index contributed by atoms with van der Waals surface area (Å²) in [5, 5.41) is 7.34. The molecule has 0 aliphatic rings. The quantitative estimate of drug-likeness (QED) is 0.687. The molecule has 0 fully saturated rings. The minimum absolute atomic E-state index is 0.0176. The van der Waals surface area contributed by atoms with E-state index in [9.17, 15) is 4.79 Å². The number of aromatic nitrogens is 2. The van der Waals surface area contributed by atoms with Crippen molar-refractivity contribution < 1.29 is 4.79 Å². The van der Waals surface area contributed by atoms with Crippen LogP contribution in [0, 0.1) is 0 Å². The number of hydrogen-bond acceptors (Lipinski definition) is 3. The van der Waals surface area contributed by atoms with Gasteiger partial charge < -0.3 is 5.32 Å². The van der Waals surface area contributed by atoms with Gasteiger partial charge in [-0.1, -0.05) is 30.3 Å². The van der Waals surface area contributed by atoms with Crippen molar-refractivity contribution in [3.8, 4) is 5.69 Å². The first-order valence-corrected chi connectivity index (χ1v) is 9.00. The zero-order valence-corrected chi connectivity index (χ0v) is 14.3. The summed E-state index contributed by atoms with van der Waals surface area (Å²) in [6.07, 6.45) is 6.89. The number of aryl methyl sites for hydroxylation is 1. The van der Waals surface area contributed by atoms with Crippen molar-refractivity contribution in [2.45, 2.75) is 17.7 Å². The molecule has 0 atom stereocenters. The van der Waals surface area contributed by atoms with Crippen LogP contribution in [-0.4, -0.2) is 21.9 Å². The number of carbonyl (C=O) groups is 1. The molecule has 3 aromatic rings. The number of amides is 1. The molecule has 4 nitrogen and oxygen atoms in total. The summed E-state index contributed by atoms with van der Waals surface area (Å²) in [6, 6.07) is 17.8. The highest BCUT2D eigenvalue weighted by Gasteiger charge is 2.08. The molecule has 2 aromatic carbocycles. The molecule has 0 saturated heterocycles. The van der Waals surface area contributed by atoms with Crippen molar-refractivity contribution in [2.24, 2.45) is 0 Å². The number of nitrogens with one attached hydrogen (secondary N) is 1. The molecule has 0 radical (unpaired) electrons. The average molecular weight is 337 g/mol. The van der Waals surface area contributed by atoms with Crippen LogP contribution in [0.1, 0.15) is 12.0 Å². The van der Waals surface area contributed by atoms with Crippen molar-refractivity contribution in [2.75, 3.05) is 11.6 Å². The number of para-hydroxylation sites is 2. The molecule has 1 aromatic heterocycles. The summed E-state index contributed by atoms with van der Waals surface area (Å²) in [5.41, 5.74) is 2.93. The van der Waals surface area contributed by atoms with E-state index in [0.717, 1.165) is 21.8 Å². The maximum absolute atomic E-state index is 12.2. The molecule has 0 unspecified atom stereocenters. The predicted molar refractivity (Wildman–Crippen MR) is 98.7 cm³/mol. The first kappa shape index (κ1) is 16.3. The Labute approximate surface area is 145 Å². The van der Waals surface area contributed by atoms with E-state index in [2.05, 4.69) is 10.4 Å². The molecule has 3 rings (SSSR count). The highest BCUT2D eigenvalue weighted by molar-refractivity contribution is 7.98. The van der Waals surface area contributed by atoms with Crippen molar-refractivity contribution in [3.63, 3.8) is 0 Å². The predicted octanol–water partition coefficient (Wildman–Crippen LogP) is 4.17. The fourth-order valence-corrected chi connectivity index (χ4v) is 2.98. The Kier molecular flexibility index (Phi) is 5.33. The van der Waals surface area contributed by atoms with Gasteiger partial charge in [0.1, 0.15) is 0 Å². The molecule has 5 heteroatoms. The molecule has 1 heterocycles. The molecular formula is C19H19N3OS. The Morgan fingerprint density at radius 2 is 1.88 bits per heavy atom. The van der Waals surface area contributed by atoms with Gasteiger partial charge in [-0.3, -0.25) is 4.79 Å². The van der Waals surface area contributed by atoms with Crippen LogP contribution in [0.3, 0.4) is 0 Å². The zero-order chi connectivity index (χ0) is 16.8. The molecule has 0 aliphatic heterocycles. The van der Waals surface area contributed by atoms with E-state index in [1.54, 1.807) is 11.8 Å². The number of rotatable bonds is 6. The van der Waals surface area contributed by atoms with Gasteiger partial charge in [0, 0.05) is 17.5 Å². The summed E-state index contributed by atoms with van der Waals surface area (Å²) >= 11 is 1.62. The molecular weight excluding hydrogens is 318 g/mol. The topological polar surface area (TPSA) is 46.9 Å². The molecule has 0 spiro atoms. The van der Waals surface area contributed by atoms with Crippen molar-refractivity contribution in [3.05, 3.63) is 72.6 Å². The maximum atomic E-state index is 12.2. The number of benzene rings is 2. The van der Waals surface area contributed by atoms with E-state index in [-0.39, 0.29) is 5.91 Å². The lowest BCUT2D eigenvalue weighted by Crippen LogP contribution is -2.12. The van der Waals surface area contributed by atoms with Crippen LogP contribution in [0.2, 0.25) is 0 Å². The maximum Gasteiger partial charge on any atom is 0.224 e. The molecule has 0 bridgehead atoms. The van der Waals surface area contributed by atoms with Gasteiger partial charge in [-0.25, -0.2) is 4.68 Å². The van der Waals surface area contributed by atoms with E-state index >= 15 is 0 Å².